The molecule has 0 atom stereocenters. The lowest BCUT2D eigenvalue weighted by Gasteiger charge is -2.32. The van der Waals surface area contributed by atoms with E-state index in [0.29, 0.717) is 0 Å². The maximum absolute atomic E-state index is 5.03. The van der Waals surface area contributed by atoms with E-state index in [1.54, 1.807) is 0 Å². The van der Waals surface area contributed by atoms with Crippen LogP contribution >= 0.6 is 27.7 Å². The number of amidine groups is 1. The Morgan fingerprint density at radius 2 is 2.10 bits per heavy atom. The zero-order valence-electron chi connectivity index (χ0n) is 12.1. The third kappa shape index (κ3) is 3.06. The van der Waals surface area contributed by atoms with Crippen LogP contribution in [0.25, 0.3) is 0 Å². The van der Waals surface area contributed by atoms with Crippen LogP contribution < -0.4 is 5.32 Å². The minimum absolute atomic E-state index is 0.222. The van der Waals surface area contributed by atoms with Crippen molar-refractivity contribution in [2.75, 3.05) is 11.1 Å². The second-order valence-electron chi connectivity index (χ2n) is 6.20. The minimum Gasteiger partial charge on any atom is -0.335 e. The van der Waals surface area contributed by atoms with Gasteiger partial charge in [0.1, 0.15) is 0 Å². The van der Waals surface area contributed by atoms with Gasteiger partial charge >= 0.3 is 0 Å². The number of hydrogen-bond donors (Lipinski definition) is 1. The molecule has 2 nitrogen and oxygen atoms in total. The predicted molar refractivity (Wildman–Crippen MR) is 92.8 cm³/mol. The fraction of sp³-hybridized carbons (Fsp3) is 0.562. The first-order valence-corrected chi connectivity index (χ1v) is 9.10. The van der Waals surface area contributed by atoms with E-state index in [9.17, 15) is 0 Å². The Balaban J connectivity index is 1.74. The van der Waals surface area contributed by atoms with E-state index in [1.807, 2.05) is 11.8 Å². The van der Waals surface area contributed by atoms with Gasteiger partial charge in [-0.3, -0.25) is 4.99 Å². The second kappa shape index (κ2) is 5.72. The number of rotatable bonds is 1. The van der Waals surface area contributed by atoms with Crippen LogP contribution in [0, 0.1) is 12.8 Å². The standard InChI is InChI=1S/C16H21BrN2S/c1-11-5-7-16(8-6-11)10-20-15(19-16)18-14-9-13(17)4-3-12(14)2/h3-4,9,11H,5-8,10H2,1-2H3,(H,18,19). The molecule has 0 aromatic heterocycles. The summed E-state index contributed by atoms with van der Waals surface area (Å²) in [4.78, 5) is 5.03. The molecule has 2 aliphatic rings. The molecular formula is C16H21BrN2S. The molecule has 0 radical (unpaired) electrons. The third-order valence-electron chi connectivity index (χ3n) is 4.46. The Morgan fingerprint density at radius 3 is 2.85 bits per heavy atom. The van der Waals surface area contributed by atoms with Crippen molar-refractivity contribution < 1.29 is 0 Å². The van der Waals surface area contributed by atoms with Crippen molar-refractivity contribution in [1.82, 2.24) is 0 Å². The average Bonchev–Trinajstić information content (AvgIpc) is 2.81. The molecule has 0 bridgehead atoms. The van der Waals surface area contributed by atoms with Gasteiger partial charge in [-0.05, 0) is 56.2 Å². The van der Waals surface area contributed by atoms with Crippen LogP contribution in [0.5, 0.6) is 0 Å². The summed E-state index contributed by atoms with van der Waals surface area (Å²) in [6, 6.07) is 6.34. The topological polar surface area (TPSA) is 24.4 Å². The summed E-state index contributed by atoms with van der Waals surface area (Å²) < 4.78 is 1.11. The van der Waals surface area contributed by atoms with Gasteiger partial charge in [0.15, 0.2) is 5.17 Å². The summed E-state index contributed by atoms with van der Waals surface area (Å²) >= 11 is 5.42. The maximum Gasteiger partial charge on any atom is 0.161 e. The first kappa shape index (κ1) is 14.5. The van der Waals surface area contributed by atoms with E-state index in [2.05, 4.69) is 53.3 Å². The number of benzene rings is 1. The first-order valence-electron chi connectivity index (χ1n) is 7.32. The number of nitrogens with zero attached hydrogens (tertiary/aromatic N) is 1. The van der Waals surface area contributed by atoms with Gasteiger partial charge in [-0.25, -0.2) is 0 Å². The van der Waals surface area contributed by atoms with Gasteiger partial charge in [0.2, 0.25) is 0 Å². The van der Waals surface area contributed by atoms with Crippen LogP contribution in [0.15, 0.2) is 27.7 Å². The molecule has 1 aliphatic heterocycles. The summed E-state index contributed by atoms with van der Waals surface area (Å²) in [5, 5.41) is 4.61. The smallest absolute Gasteiger partial charge is 0.161 e. The number of hydrogen-bond acceptors (Lipinski definition) is 3. The monoisotopic (exact) mass is 352 g/mol. The van der Waals surface area contributed by atoms with Crippen LogP contribution in [0.3, 0.4) is 0 Å². The molecular weight excluding hydrogens is 332 g/mol. The van der Waals surface area contributed by atoms with E-state index in [4.69, 9.17) is 4.99 Å². The Kier molecular flexibility index (Phi) is 4.14. The lowest BCUT2D eigenvalue weighted by Crippen LogP contribution is -2.32. The molecule has 1 aromatic rings. The van der Waals surface area contributed by atoms with E-state index < -0.39 is 0 Å². The number of halogens is 1. The summed E-state index contributed by atoms with van der Waals surface area (Å²) in [5.74, 6) is 2.03. The normalized spacial score (nSPS) is 29.6. The molecule has 0 amide bonds. The van der Waals surface area contributed by atoms with Gasteiger partial charge in [0.05, 0.1) is 5.54 Å². The van der Waals surface area contributed by atoms with Crippen LogP contribution in [0.1, 0.15) is 38.2 Å². The first-order chi connectivity index (χ1) is 9.56. The van der Waals surface area contributed by atoms with Crippen LogP contribution in [0.4, 0.5) is 5.69 Å². The zero-order chi connectivity index (χ0) is 14.2. The zero-order valence-corrected chi connectivity index (χ0v) is 14.5. The summed E-state index contributed by atoms with van der Waals surface area (Å²) in [5.41, 5.74) is 2.64. The Bertz CT molecular complexity index is 533. The summed E-state index contributed by atoms with van der Waals surface area (Å²) in [6.45, 7) is 4.50. The number of nitrogens with one attached hydrogen (secondary N) is 1. The van der Waals surface area contributed by atoms with Crippen molar-refractivity contribution in [1.29, 1.82) is 0 Å². The molecule has 20 heavy (non-hydrogen) atoms. The Morgan fingerprint density at radius 1 is 1.35 bits per heavy atom. The minimum atomic E-state index is 0.222. The predicted octanol–water partition coefficient (Wildman–Crippen LogP) is 5.22. The fourth-order valence-electron chi connectivity index (χ4n) is 2.95. The molecule has 108 valence electrons. The number of aliphatic imine (C=N–C) groups is 1. The highest BCUT2D eigenvalue weighted by Crippen LogP contribution is 2.41. The molecule has 4 heteroatoms. The van der Waals surface area contributed by atoms with Crippen molar-refractivity contribution >= 4 is 38.5 Å². The SMILES string of the molecule is Cc1ccc(Br)cc1NC1=NC2(CCC(C)CC2)CS1. The molecule has 1 aliphatic carbocycles. The van der Waals surface area contributed by atoms with Gasteiger partial charge in [-0.15, -0.1) is 0 Å². The molecule has 1 saturated carbocycles. The van der Waals surface area contributed by atoms with Crippen LogP contribution in [0.2, 0.25) is 0 Å². The van der Waals surface area contributed by atoms with Crippen molar-refractivity contribution in [2.45, 2.75) is 45.1 Å². The van der Waals surface area contributed by atoms with Crippen LogP contribution in [-0.4, -0.2) is 16.5 Å². The molecule has 0 unspecified atom stereocenters. The van der Waals surface area contributed by atoms with Crippen LogP contribution in [-0.2, 0) is 0 Å². The number of thioether (sulfide) groups is 1. The summed E-state index contributed by atoms with van der Waals surface area (Å²) in [6.07, 6.45) is 5.16. The van der Waals surface area contributed by atoms with Gasteiger partial charge in [-0.1, -0.05) is 40.7 Å². The fourth-order valence-corrected chi connectivity index (χ4v) is 4.51. The van der Waals surface area contributed by atoms with E-state index in [1.165, 1.54) is 31.2 Å². The molecule has 1 N–H and O–H groups in total. The molecule has 1 spiro atoms. The number of aryl methyl sites for hydroxylation is 1. The molecule has 1 heterocycles. The lowest BCUT2D eigenvalue weighted by atomic mass is 9.79. The van der Waals surface area contributed by atoms with E-state index in [0.717, 1.165) is 27.0 Å². The lowest BCUT2D eigenvalue weighted by molar-refractivity contribution is 0.273. The highest BCUT2D eigenvalue weighted by atomic mass is 79.9. The van der Waals surface area contributed by atoms with Gasteiger partial charge in [-0.2, -0.15) is 0 Å². The van der Waals surface area contributed by atoms with Gasteiger partial charge in [0.25, 0.3) is 0 Å². The van der Waals surface area contributed by atoms with Crippen molar-refractivity contribution in [2.24, 2.45) is 10.9 Å². The van der Waals surface area contributed by atoms with Crippen molar-refractivity contribution in [3.8, 4) is 0 Å². The van der Waals surface area contributed by atoms with Crippen molar-refractivity contribution in [3.63, 3.8) is 0 Å². The second-order valence-corrected chi connectivity index (χ2v) is 8.08. The Labute approximate surface area is 134 Å². The highest BCUT2D eigenvalue weighted by Gasteiger charge is 2.38. The molecule has 0 saturated heterocycles. The van der Waals surface area contributed by atoms with Gasteiger partial charge in [0, 0.05) is 15.9 Å². The third-order valence-corrected chi connectivity index (χ3v) is 6.10. The Hall–Kier alpha value is -0.480. The average molecular weight is 353 g/mol. The van der Waals surface area contributed by atoms with Crippen molar-refractivity contribution in [3.05, 3.63) is 28.2 Å². The molecule has 3 rings (SSSR count). The quantitative estimate of drug-likeness (QED) is 0.748. The molecule has 1 fully saturated rings. The van der Waals surface area contributed by atoms with Gasteiger partial charge < -0.3 is 5.32 Å². The van der Waals surface area contributed by atoms with E-state index in [-0.39, 0.29) is 5.54 Å². The van der Waals surface area contributed by atoms with E-state index >= 15 is 0 Å². The number of anilines is 1. The summed E-state index contributed by atoms with van der Waals surface area (Å²) in [7, 11) is 0. The molecule has 1 aromatic carbocycles. The highest BCUT2D eigenvalue weighted by molar-refractivity contribution is 9.10. The maximum atomic E-state index is 5.03. The largest absolute Gasteiger partial charge is 0.335 e.